The minimum Gasteiger partial charge on any atom is -0.357 e. The topological polar surface area (TPSA) is 87.2 Å². The fraction of sp³-hybridized carbons (Fsp3) is 0.238. The second-order valence-corrected chi connectivity index (χ2v) is 8.40. The molecule has 0 amide bonds. The van der Waals surface area contributed by atoms with Gasteiger partial charge in [0, 0.05) is 42.3 Å². The molecule has 0 aliphatic heterocycles. The molecule has 0 aliphatic carbocycles. The average molecular weight is 448 g/mol. The van der Waals surface area contributed by atoms with Gasteiger partial charge in [0.05, 0.1) is 0 Å². The smallest absolute Gasteiger partial charge is 0.264 e. The van der Waals surface area contributed by atoms with E-state index in [1.54, 1.807) is 12.1 Å². The van der Waals surface area contributed by atoms with E-state index in [1.165, 1.54) is 12.1 Å². The zero-order valence-electron chi connectivity index (χ0n) is 17.4. The number of rotatable bonds is 8. The van der Waals surface area contributed by atoms with Crippen LogP contribution in [0.15, 0.2) is 53.4 Å². The molecule has 2 N–H and O–H groups in total. The van der Waals surface area contributed by atoms with Crippen LogP contribution in [0.5, 0.6) is 0 Å². The number of halogens is 2. The third kappa shape index (κ3) is 5.46. The summed E-state index contributed by atoms with van der Waals surface area (Å²) in [7, 11) is -4.20. The number of sulfonamides is 1. The maximum Gasteiger partial charge on any atom is 0.264 e. The highest BCUT2D eigenvalue weighted by molar-refractivity contribution is 7.92. The molecule has 1 aromatic heterocycles. The molecular weight excluding hydrogens is 424 g/mol. The Morgan fingerprint density at radius 1 is 0.935 bits per heavy atom. The third-order valence-electron chi connectivity index (χ3n) is 4.50. The maximum atomic E-state index is 13.8. The van der Waals surface area contributed by atoms with Crippen molar-refractivity contribution in [2.24, 2.45) is 0 Å². The molecule has 10 heteroatoms. The summed E-state index contributed by atoms with van der Waals surface area (Å²) in [6, 6.07) is 10.5. The molecule has 0 bridgehead atoms. The number of hydrogen-bond acceptors (Lipinski definition) is 6. The van der Waals surface area contributed by atoms with Gasteiger partial charge in [-0.05, 0) is 57.2 Å². The molecule has 0 saturated heterocycles. The molecular formula is C21H23F2N5O2S. The van der Waals surface area contributed by atoms with Gasteiger partial charge in [0.2, 0.25) is 5.95 Å². The molecule has 3 rings (SSSR count). The summed E-state index contributed by atoms with van der Waals surface area (Å²) in [6.45, 7) is 7.61. The normalized spacial score (nSPS) is 11.3. The van der Waals surface area contributed by atoms with Crippen LogP contribution in [0.1, 0.15) is 19.5 Å². The summed E-state index contributed by atoms with van der Waals surface area (Å²) in [5.74, 6) is -0.782. The summed E-state index contributed by atoms with van der Waals surface area (Å²) in [4.78, 5) is 10.4. The Morgan fingerprint density at radius 3 is 2.19 bits per heavy atom. The summed E-state index contributed by atoms with van der Waals surface area (Å²) in [5.41, 5.74) is 1.68. The Balaban J connectivity index is 1.76. The highest BCUT2D eigenvalue weighted by atomic mass is 32.2. The van der Waals surface area contributed by atoms with Crippen molar-refractivity contribution in [1.29, 1.82) is 0 Å². The van der Waals surface area contributed by atoms with E-state index >= 15 is 0 Å². The standard InChI is InChI=1S/C21H23F2N5O2S/c1-4-28(5-2)20-12-14(3)24-21(26-20)25-16-7-9-17(10-8-16)27-31(29,30)19-11-6-15(22)13-18(19)23/h6-13,27H,4-5H2,1-3H3,(H,24,25,26). The van der Waals surface area contributed by atoms with E-state index in [9.17, 15) is 17.2 Å². The van der Waals surface area contributed by atoms with Gasteiger partial charge in [0.15, 0.2) is 0 Å². The molecule has 0 atom stereocenters. The fourth-order valence-corrected chi connectivity index (χ4v) is 4.09. The van der Waals surface area contributed by atoms with E-state index in [4.69, 9.17) is 0 Å². The van der Waals surface area contributed by atoms with Crippen LogP contribution in [0.25, 0.3) is 0 Å². The highest BCUT2D eigenvalue weighted by Crippen LogP contribution is 2.23. The van der Waals surface area contributed by atoms with E-state index in [2.05, 4.69) is 24.9 Å². The van der Waals surface area contributed by atoms with E-state index in [1.807, 2.05) is 26.8 Å². The summed E-state index contributed by atoms with van der Waals surface area (Å²) >= 11 is 0. The van der Waals surface area contributed by atoms with Gasteiger partial charge in [-0.15, -0.1) is 0 Å². The van der Waals surface area contributed by atoms with E-state index < -0.39 is 26.6 Å². The van der Waals surface area contributed by atoms with Crippen LogP contribution in [0.2, 0.25) is 0 Å². The van der Waals surface area contributed by atoms with Crippen molar-refractivity contribution in [3.05, 3.63) is 65.9 Å². The second-order valence-electron chi connectivity index (χ2n) is 6.75. The minimum atomic E-state index is -4.20. The Hall–Kier alpha value is -3.27. The van der Waals surface area contributed by atoms with Gasteiger partial charge in [-0.25, -0.2) is 22.2 Å². The summed E-state index contributed by atoms with van der Waals surface area (Å²) < 4.78 is 53.9. The van der Waals surface area contributed by atoms with Crippen LogP contribution in [0.3, 0.4) is 0 Å². The Bertz CT molecular complexity index is 1170. The zero-order chi connectivity index (χ0) is 22.6. The predicted octanol–water partition coefficient (Wildman–Crippen LogP) is 4.45. The zero-order valence-corrected chi connectivity index (χ0v) is 18.2. The van der Waals surface area contributed by atoms with Crippen LogP contribution in [-0.4, -0.2) is 31.5 Å². The molecule has 0 saturated carbocycles. The van der Waals surface area contributed by atoms with Crippen LogP contribution >= 0.6 is 0 Å². The van der Waals surface area contributed by atoms with Crippen molar-refractivity contribution in [1.82, 2.24) is 9.97 Å². The van der Waals surface area contributed by atoms with Gasteiger partial charge >= 0.3 is 0 Å². The maximum absolute atomic E-state index is 13.8. The molecule has 0 unspecified atom stereocenters. The lowest BCUT2D eigenvalue weighted by Crippen LogP contribution is -2.23. The number of aryl methyl sites for hydroxylation is 1. The number of hydrogen-bond donors (Lipinski definition) is 2. The predicted molar refractivity (Wildman–Crippen MR) is 117 cm³/mol. The van der Waals surface area contributed by atoms with Gasteiger partial charge in [0.1, 0.15) is 22.3 Å². The number of nitrogens with zero attached hydrogens (tertiary/aromatic N) is 3. The summed E-state index contributed by atoms with van der Waals surface area (Å²) in [5, 5.41) is 3.10. The molecule has 1 heterocycles. The quantitative estimate of drug-likeness (QED) is 0.530. The van der Waals surface area contributed by atoms with Crippen molar-refractivity contribution in [3.8, 4) is 0 Å². The van der Waals surface area contributed by atoms with Gasteiger partial charge in [-0.3, -0.25) is 4.72 Å². The number of aromatic nitrogens is 2. The molecule has 0 aliphatic rings. The van der Waals surface area contributed by atoms with E-state index in [-0.39, 0.29) is 5.69 Å². The van der Waals surface area contributed by atoms with Crippen molar-refractivity contribution in [3.63, 3.8) is 0 Å². The van der Waals surface area contributed by atoms with Gasteiger partial charge in [-0.1, -0.05) is 0 Å². The first kappa shape index (κ1) is 22.4. The molecule has 2 aromatic carbocycles. The third-order valence-corrected chi connectivity index (χ3v) is 5.92. The van der Waals surface area contributed by atoms with Crippen molar-refractivity contribution in [2.45, 2.75) is 25.7 Å². The van der Waals surface area contributed by atoms with Crippen LogP contribution in [0, 0.1) is 18.6 Å². The lowest BCUT2D eigenvalue weighted by molar-refractivity contribution is 0.551. The molecule has 7 nitrogen and oxygen atoms in total. The molecule has 0 fully saturated rings. The van der Waals surface area contributed by atoms with Gasteiger partial charge in [-0.2, -0.15) is 4.98 Å². The van der Waals surface area contributed by atoms with Crippen molar-refractivity contribution < 1.29 is 17.2 Å². The fourth-order valence-electron chi connectivity index (χ4n) is 2.97. The van der Waals surface area contributed by atoms with Crippen LogP contribution < -0.4 is 14.9 Å². The second kappa shape index (κ2) is 9.25. The average Bonchev–Trinajstić information content (AvgIpc) is 2.69. The van der Waals surface area contributed by atoms with Gasteiger partial charge in [0.25, 0.3) is 10.0 Å². The van der Waals surface area contributed by atoms with Crippen molar-refractivity contribution >= 4 is 33.2 Å². The number of nitrogens with one attached hydrogen (secondary N) is 2. The number of benzene rings is 2. The first-order valence-corrected chi connectivity index (χ1v) is 11.2. The monoisotopic (exact) mass is 447 g/mol. The largest absolute Gasteiger partial charge is 0.357 e. The molecule has 0 radical (unpaired) electrons. The lowest BCUT2D eigenvalue weighted by Gasteiger charge is -2.20. The Labute approximate surface area is 180 Å². The molecule has 3 aromatic rings. The first-order valence-electron chi connectivity index (χ1n) is 9.67. The van der Waals surface area contributed by atoms with E-state index in [0.29, 0.717) is 17.7 Å². The SMILES string of the molecule is CCN(CC)c1cc(C)nc(Nc2ccc(NS(=O)(=O)c3ccc(F)cc3F)cc2)n1. The number of anilines is 4. The van der Waals surface area contributed by atoms with Crippen LogP contribution in [-0.2, 0) is 10.0 Å². The minimum absolute atomic E-state index is 0.225. The van der Waals surface area contributed by atoms with E-state index in [0.717, 1.165) is 36.7 Å². The van der Waals surface area contributed by atoms with Crippen LogP contribution in [0.4, 0.5) is 31.9 Å². The molecule has 164 valence electrons. The molecule has 0 spiro atoms. The van der Waals surface area contributed by atoms with Gasteiger partial charge < -0.3 is 10.2 Å². The summed E-state index contributed by atoms with van der Waals surface area (Å²) in [6.07, 6.45) is 0. The first-order chi connectivity index (χ1) is 14.7. The highest BCUT2D eigenvalue weighted by Gasteiger charge is 2.19. The Morgan fingerprint density at radius 2 is 1.58 bits per heavy atom. The lowest BCUT2D eigenvalue weighted by atomic mass is 10.3. The molecule has 31 heavy (non-hydrogen) atoms. The van der Waals surface area contributed by atoms with Crippen molar-refractivity contribution in [2.75, 3.05) is 28.0 Å². The Kier molecular flexibility index (Phi) is 6.69.